The highest BCUT2D eigenvalue weighted by Crippen LogP contribution is 2.21. The standard InChI is InChI=1S/C25H29N3O3/c1-31-23-11-5-4-8-20(23)10-6-14-27-16-13-26-25(30)22(27)17-24(29)28-15-12-19-7-2-3-9-21(19)18-28/h2-11,22H,12-18H2,1H3,(H,26,30)/b10-6+. The number of carbonyl (C=O) groups is 2. The highest BCUT2D eigenvalue weighted by Gasteiger charge is 2.33. The summed E-state index contributed by atoms with van der Waals surface area (Å²) in [5.74, 6) is 0.783. The number of nitrogens with one attached hydrogen (secondary N) is 1. The van der Waals surface area contributed by atoms with Crippen molar-refractivity contribution in [3.8, 4) is 5.75 Å². The number of rotatable bonds is 6. The summed E-state index contributed by atoms with van der Waals surface area (Å²) in [5.41, 5.74) is 3.50. The number of piperazine rings is 1. The molecule has 2 aliphatic heterocycles. The smallest absolute Gasteiger partial charge is 0.237 e. The van der Waals surface area contributed by atoms with Crippen LogP contribution in [-0.2, 0) is 22.6 Å². The van der Waals surface area contributed by atoms with Gasteiger partial charge in [0.15, 0.2) is 0 Å². The van der Waals surface area contributed by atoms with Gasteiger partial charge in [0, 0.05) is 38.3 Å². The Morgan fingerprint density at radius 1 is 1.13 bits per heavy atom. The van der Waals surface area contributed by atoms with Gasteiger partial charge >= 0.3 is 0 Å². The zero-order chi connectivity index (χ0) is 21.6. The fraction of sp³-hybridized carbons (Fsp3) is 0.360. The van der Waals surface area contributed by atoms with Crippen LogP contribution in [0, 0.1) is 0 Å². The first-order valence-corrected chi connectivity index (χ1v) is 10.8. The maximum atomic E-state index is 13.0. The fourth-order valence-corrected chi connectivity index (χ4v) is 4.32. The predicted octanol–water partition coefficient (Wildman–Crippen LogP) is 2.48. The van der Waals surface area contributed by atoms with E-state index < -0.39 is 6.04 Å². The SMILES string of the molecule is COc1ccccc1/C=C/CN1CCNC(=O)C1CC(=O)N1CCc2ccccc2C1. The van der Waals surface area contributed by atoms with Gasteiger partial charge in [-0.15, -0.1) is 0 Å². The second-order valence-corrected chi connectivity index (χ2v) is 7.98. The number of para-hydroxylation sites is 1. The summed E-state index contributed by atoms with van der Waals surface area (Å²) in [6, 6.07) is 15.6. The average Bonchev–Trinajstić information content (AvgIpc) is 2.81. The summed E-state index contributed by atoms with van der Waals surface area (Å²) >= 11 is 0. The van der Waals surface area contributed by atoms with Crippen molar-refractivity contribution < 1.29 is 14.3 Å². The summed E-state index contributed by atoms with van der Waals surface area (Å²) in [4.78, 5) is 29.6. The first-order valence-electron chi connectivity index (χ1n) is 10.8. The van der Waals surface area contributed by atoms with Crippen LogP contribution in [0.25, 0.3) is 6.08 Å². The summed E-state index contributed by atoms with van der Waals surface area (Å²) in [5, 5.41) is 2.92. The van der Waals surface area contributed by atoms with E-state index in [1.54, 1.807) is 7.11 Å². The second-order valence-electron chi connectivity index (χ2n) is 7.98. The molecule has 0 spiro atoms. The molecule has 0 aromatic heterocycles. The van der Waals surface area contributed by atoms with Crippen LogP contribution in [0.1, 0.15) is 23.1 Å². The van der Waals surface area contributed by atoms with E-state index in [9.17, 15) is 9.59 Å². The summed E-state index contributed by atoms with van der Waals surface area (Å²) < 4.78 is 5.39. The van der Waals surface area contributed by atoms with Crippen LogP contribution in [0.4, 0.5) is 0 Å². The topological polar surface area (TPSA) is 61.9 Å². The van der Waals surface area contributed by atoms with Crippen LogP contribution in [0.3, 0.4) is 0 Å². The Bertz CT molecular complexity index is 972. The number of fused-ring (bicyclic) bond motifs is 1. The molecule has 0 saturated carbocycles. The van der Waals surface area contributed by atoms with Gasteiger partial charge in [0.1, 0.15) is 5.75 Å². The normalized spacial score (nSPS) is 19.2. The van der Waals surface area contributed by atoms with Crippen molar-refractivity contribution in [2.75, 3.05) is 33.3 Å². The summed E-state index contributed by atoms with van der Waals surface area (Å²) in [7, 11) is 1.66. The first-order chi connectivity index (χ1) is 15.2. The molecule has 4 rings (SSSR count). The molecule has 1 unspecified atom stereocenters. The predicted molar refractivity (Wildman–Crippen MR) is 121 cm³/mol. The number of nitrogens with zero attached hydrogens (tertiary/aromatic N) is 2. The minimum absolute atomic E-state index is 0.0373. The largest absolute Gasteiger partial charge is 0.496 e. The first kappa shape index (κ1) is 21.1. The highest BCUT2D eigenvalue weighted by atomic mass is 16.5. The van der Waals surface area contributed by atoms with Crippen molar-refractivity contribution in [2.24, 2.45) is 0 Å². The van der Waals surface area contributed by atoms with E-state index >= 15 is 0 Å². The number of methoxy groups -OCH3 is 1. The van der Waals surface area contributed by atoms with Gasteiger partial charge < -0.3 is 15.0 Å². The number of amides is 2. The van der Waals surface area contributed by atoms with Crippen LogP contribution >= 0.6 is 0 Å². The van der Waals surface area contributed by atoms with Gasteiger partial charge in [-0.05, 0) is 23.6 Å². The van der Waals surface area contributed by atoms with Crippen LogP contribution in [0.2, 0.25) is 0 Å². The molecule has 2 aromatic carbocycles. The lowest BCUT2D eigenvalue weighted by Crippen LogP contribution is -2.56. The van der Waals surface area contributed by atoms with Gasteiger partial charge in [0.05, 0.1) is 19.6 Å². The molecule has 31 heavy (non-hydrogen) atoms. The van der Waals surface area contributed by atoms with Gasteiger partial charge in [0.25, 0.3) is 0 Å². The Balaban J connectivity index is 1.40. The van der Waals surface area contributed by atoms with E-state index in [0.717, 1.165) is 24.3 Å². The van der Waals surface area contributed by atoms with E-state index in [4.69, 9.17) is 4.74 Å². The molecular formula is C25H29N3O3. The van der Waals surface area contributed by atoms with Crippen molar-refractivity contribution in [3.63, 3.8) is 0 Å². The second kappa shape index (κ2) is 9.79. The summed E-state index contributed by atoms with van der Waals surface area (Å²) in [6.07, 6.45) is 5.11. The molecule has 1 saturated heterocycles. The van der Waals surface area contributed by atoms with Crippen molar-refractivity contribution >= 4 is 17.9 Å². The lowest BCUT2D eigenvalue weighted by atomic mass is 9.99. The average molecular weight is 420 g/mol. The zero-order valence-corrected chi connectivity index (χ0v) is 17.9. The monoisotopic (exact) mass is 419 g/mol. The Labute approximate surface area is 183 Å². The lowest BCUT2D eigenvalue weighted by Gasteiger charge is -2.36. The molecule has 6 nitrogen and oxygen atoms in total. The van der Waals surface area contributed by atoms with Gasteiger partial charge in [-0.3, -0.25) is 14.5 Å². The number of carbonyl (C=O) groups excluding carboxylic acids is 2. The van der Waals surface area contributed by atoms with Gasteiger partial charge in [0.2, 0.25) is 11.8 Å². The van der Waals surface area contributed by atoms with Crippen molar-refractivity contribution in [2.45, 2.75) is 25.4 Å². The molecule has 0 bridgehead atoms. The summed E-state index contributed by atoms with van der Waals surface area (Å²) in [6.45, 7) is 3.26. The van der Waals surface area contributed by atoms with Gasteiger partial charge in [-0.2, -0.15) is 0 Å². The maximum Gasteiger partial charge on any atom is 0.237 e. The van der Waals surface area contributed by atoms with Gasteiger partial charge in [-0.1, -0.05) is 54.6 Å². The highest BCUT2D eigenvalue weighted by molar-refractivity contribution is 5.89. The van der Waals surface area contributed by atoms with E-state index in [1.165, 1.54) is 11.1 Å². The number of hydrogen-bond acceptors (Lipinski definition) is 4. The molecule has 2 aromatic rings. The Kier molecular flexibility index (Phi) is 6.67. The molecule has 2 heterocycles. The third-order valence-corrected chi connectivity index (χ3v) is 6.07. The molecule has 162 valence electrons. The van der Waals surface area contributed by atoms with E-state index in [2.05, 4.69) is 22.3 Å². The van der Waals surface area contributed by atoms with Crippen LogP contribution in [0.15, 0.2) is 54.6 Å². The van der Waals surface area contributed by atoms with Crippen LogP contribution in [0.5, 0.6) is 5.75 Å². The number of benzene rings is 2. The molecule has 6 heteroatoms. The number of hydrogen-bond donors (Lipinski definition) is 1. The van der Waals surface area contributed by atoms with Crippen molar-refractivity contribution in [1.82, 2.24) is 15.1 Å². The van der Waals surface area contributed by atoms with E-state index in [-0.39, 0.29) is 18.2 Å². The number of ether oxygens (including phenoxy) is 1. The van der Waals surface area contributed by atoms with Crippen molar-refractivity contribution in [3.05, 3.63) is 71.3 Å². The van der Waals surface area contributed by atoms with E-state index in [1.807, 2.05) is 53.5 Å². The van der Waals surface area contributed by atoms with E-state index in [0.29, 0.717) is 26.2 Å². The minimum Gasteiger partial charge on any atom is -0.496 e. The molecule has 2 aliphatic rings. The van der Waals surface area contributed by atoms with Crippen LogP contribution < -0.4 is 10.1 Å². The third-order valence-electron chi connectivity index (χ3n) is 6.07. The van der Waals surface area contributed by atoms with Crippen LogP contribution in [-0.4, -0.2) is 60.9 Å². The minimum atomic E-state index is -0.444. The van der Waals surface area contributed by atoms with Gasteiger partial charge in [-0.25, -0.2) is 0 Å². The molecule has 1 fully saturated rings. The third kappa shape index (κ3) is 4.97. The maximum absolute atomic E-state index is 13.0. The molecular weight excluding hydrogens is 390 g/mol. The molecule has 0 aliphatic carbocycles. The Morgan fingerprint density at radius 2 is 1.90 bits per heavy atom. The Hall–Kier alpha value is -3.12. The molecule has 0 radical (unpaired) electrons. The molecule has 2 amide bonds. The molecule has 1 atom stereocenters. The Morgan fingerprint density at radius 3 is 2.74 bits per heavy atom. The zero-order valence-electron chi connectivity index (χ0n) is 17.9. The fourth-order valence-electron chi connectivity index (χ4n) is 4.32. The quantitative estimate of drug-likeness (QED) is 0.782. The molecule has 1 N–H and O–H groups in total. The lowest BCUT2D eigenvalue weighted by molar-refractivity contribution is -0.139. The van der Waals surface area contributed by atoms with Crippen molar-refractivity contribution in [1.29, 1.82) is 0 Å².